The first-order valence-electron chi connectivity index (χ1n) is 10.4. The highest BCUT2D eigenvalue weighted by atomic mass is 32.1. The summed E-state index contributed by atoms with van der Waals surface area (Å²) in [6.07, 6.45) is 2.80. The second-order valence-electron chi connectivity index (χ2n) is 7.46. The van der Waals surface area contributed by atoms with Crippen LogP contribution in [0.25, 0.3) is 0 Å². The Kier molecular flexibility index (Phi) is 10.5. The number of carbonyl (C=O) groups is 4. The minimum Gasteiger partial charge on any atom is -0.480 e. The molecule has 12 nitrogen and oxygen atoms in total. The molecule has 2 aromatic rings. The molecule has 13 heteroatoms. The highest BCUT2D eigenvalue weighted by Crippen LogP contribution is 2.05. The fourth-order valence-electron chi connectivity index (χ4n) is 2.98. The summed E-state index contributed by atoms with van der Waals surface area (Å²) in [4.78, 5) is 55.9. The first kappa shape index (κ1) is 26.8. The fraction of sp³-hybridized carbons (Fsp3) is 0.381. The predicted molar refractivity (Wildman–Crippen MR) is 125 cm³/mol. The Bertz CT molecular complexity index is 958. The number of amides is 3. The molecule has 0 spiro atoms. The Morgan fingerprint density at radius 1 is 0.971 bits per heavy atom. The molecule has 0 bridgehead atoms. The van der Waals surface area contributed by atoms with Gasteiger partial charge in [-0.25, -0.2) is 9.78 Å². The van der Waals surface area contributed by atoms with Gasteiger partial charge in [-0.2, -0.15) is 12.6 Å². The quantitative estimate of drug-likeness (QED) is 0.146. The second kappa shape index (κ2) is 13.3. The Hall–Kier alpha value is -3.42. The van der Waals surface area contributed by atoms with Crippen LogP contribution in [-0.4, -0.2) is 80.4 Å². The Labute approximate surface area is 201 Å². The van der Waals surface area contributed by atoms with Gasteiger partial charge in [0.2, 0.25) is 17.7 Å². The lowest BCUT2D eigenvalue weighted by Crippen LogP contribution is -2.58. The molecule has 0 saturated carbocycles. The largest absolute Gasteiger partial charge is 0.480 e. The summed E-state index contributed by atoms with van der Waals surface area (Å²) in [7, 11) is 0. The highest BCUT2D eigenvalue weighted by molar-refractivity contribution is 7.80. The van der Waals surface area contributed by atoms with Gasteiger partial charge < -0.3 is 36.9 Å². The Morgan fingerprint density at radius 2 is 1.59 bits per heavy atom. The molecule has 0 aliphatic heterocycles. The number of carbonyl (C=O) groups excluding carboxylic acids is 3. The number of aromatic amines is 1. The van der Waals surface area contributed by atoms with E-state index in [2.05, 4.69) is 38.5 Å². The van der Waals surface area contributed by atoms with Crippen molar-refractivity contribution in [3.05, 3.63) is 54.1 Å². The summed E-state index contributed by atoms with van der Waals surface area (Å²) in [5.74, 6) is -3.51. The molecule has 1 aromatic carbocycles. The molecule has 0 fully saturated rings. The minimum atomic E-state index is -1.45. The molecule has 1 aromatic heterocycles. The van der Waals surface area contributed by atoms with Crippen LogP contribution in [0.15, 0.2) is 42.9 Å². The summed E-state index contributed by atoms with van der Waals surface area (Å²) in [6.45, 7) is -0.796. The van der Waals surface area contributed by atoms with Crippen molar-refractivity contribution in [3.8, 4) is 0 Å². The molecule has 4 atom stereocenters. The van der Waals surface area contributed by atoms with Gasteiger partial charge in [-0.05, 0) is 5.56 Å². The van der Waals surface area contributed by atoms with Crippen LogP contribution >= 0.6 is 12.6 Å². The van der Waals surface area contributed by atoms with E-state index < -0.39 is 54.5 Å². The van der Waals surface area contributed by atoms with E-state index in [-0.39, 0.29) is 18.6 Å². The third-order valence-corrected chi connectivity index (χ3v) is 5.25. The third-order valence-electron chi connectivity index (χ3n) is 4.86. The van der Waals surface area contributed by atoms with E-state index in [0.29, 0.717) is 5.69 Å². The van der Waals surface area contributed by atoms with Crippen molar-refractivity contribution >= 4 is 36.3 Å². The van der Waals surface area contributed by atoms with E-state index in [4.69, 9.17) is 5.73 Å². The fourth-order valence-corrected chi connectivity index (χ4v) is 3.14. The average molecular weight is 493 g/mol. The summed E-state index contributed by atoms with van der Waals surface area (Å²) < 4.78 is 0. The van der Waals surface area contributed by atoms with Gasteiger partial charge in [0.15, 0.2) is 0 Å². The first-order chi connectivity index (χ1) is 16.2. The molecule has 0 saturated heterocycles. The molecular weight excluding hydrogens is 464 g/mol. The van der Waals surface area contributed by atoms with Gasteiger partial charge in [-0.3, -0.25) is 14.4 Å². The molecule has 3 amide bonds. The van der Waals surface area contributed by atoms with Crippen molar-refractivity contribution in [3.63, 3.8) is 0 Å². The number of nitrogens with one attached hydrogen (secondary N) is 4. The number of hydrogen-bond acceptors (Lipinski definition) is 8. The van der Waals surface area contributed by atoms with E-state index in [1.807, 2.05) is 0 Å². The summed E-state index contributed by atoms with van der Waals surface area (Å²) in [5.41, 5.74) is 6.90. The van der Waals surface area contributed by atoms with Crippen LogP contribution < -0.4 is 21.7 Å². The number of thiol groups is 1. The molecule has 0 aliphatic rings. The molecule has 34 heavy (non-hydrogen) atoms. The lowest BCUT2D eigenvalue weighted by Gasteiger charge is -2.24. The summed E-state index contributed by atoms with van der Waals surface area (Å²) in [6, 6.07) is 4.00. The normalized spacial score (nSPS) is 14.3. The maximum Gasteiger partial charge on any atom is 0.326 e. The molecule has 1 heterocycles. The number of aromatic nitrogens is 2. The van der Waals surface area contributed by atoms with Gasteiger partial charge >= 0.3 is 5.97 Å². The van der Waals surface area contributed by atoms with Crippen molar-refractivity contribution < 1.29 is 29.4 Å². The van der Waals surface area contributed by atoms with E-state index in [0.717, 1.165) is 5.56 Å². The van der Waals surface area contributed by atoms with Crippen LogP contribution in [0.3, 0.4) is 0 Å². The van der Waals surface area contributed by atoms with Gasteiger partial charge in [0.1, 0.15) is 18.1 Å². The smallest absolute Gasteiger partial charge is 0.326 e. The number of nitrogens with two attached hydrogens (primary N) is 1. The zero-order chi connectivity index (χ0) is 25.1. The van der Waals surface area contributed by atoms with Gasteiger partial charge in [-0.15, -0.1) is 0 Å². The topological polar surface area (TPSA) is 200 Å². The summed E-state index contributed by atoms with van der Waals surface area (Å²) in [5, 5.41) is 26.3. The van der Waals surface area contributed by atoms with Crippen molar-refractivity contribution in [2.45, 2.75) is 37.0 Å². The number of imidazole rings is 1. The van der Waals surface area contributed by atoms with Crippen LogP contribution in [0.5, 0.6) is 0 Å². The lowest BCUT2D eigenvalue weighted by molar-refractivity contribution is -0.142. The molecular formula is C21H28N6O6S. The summed E-state index contributed by atoms with van der Waals surface area (Å²) >= 11 is 3.98. The van der Waals surface area contributed by atoms with Gasteiger partial charge in [0.25, 0.3) is 0 Å². The molecule has 0 radical (unpaired) electrons. The molecule has 2 rings (SSSR count). The molecule has 0 aliphatic carbocycles. The average Bonchev–Trinajstić information content (AvgIpc) is 3.34. The standard InChI is InChI=1S/C21H28N6O6S/c22-14(10-34)18(29)25-15(6-12-4-2-1-3-5-12)19(30)27-17(9-28)20(31)26-16(21(32)33)7-13-8-23-11-24-13/h1-5,8,11,14-17,28,34H,6-7,9-10,22H2,(H,23,24)(H,25,29)(H,26,31)(H,27,30)(H,32,33). The van der Waals surface area contributed by atoms with Crippen LogP contribution in [0.4, 0.5) is 0 Å². The van der Waals surface area contributed by atoms with Crippen LogP contribution in [0.2, 0.25) is 0 Å². The van der Waals surface area contributed by atoms with Crippen molar-refractivity contribution in [2.24, 2.45) is 5.73 Å². The molecule has 4 unspecified atom stereocenters. The monoisotopic (exact) mass is 492 g/mol. The number of carboxylic acid groups (broad SMARTS) is 1. The highest BCUT2D eigenvalue weighted by Gasteiger charge is 2.30. The SMILES string of the molecule is NC(CS)C(=O)NC(Cc1ccccc1)C(=O)NC(CO)C(=O)NC(Cc1cnc[nH]1)C(=O)O. The number of carboxylic acids is 1. The number of aliphatic carboxylic acids is 1. The van der Waals surface area contributed by atoms with Crippen LogP contribution in [0, 0.1) is 0 Å². The maximum atomic E-state index is 12.9. The Morgan fingerprint density at radius 3 is 2.15 bits per heavy atom. The zero-order valence-electron chi connectivity index (χ0n) is 18.2. The van der Waals surface area contributed by atoms with Crippen molar-refractivity contribution in [1.82, 2.24) is 25.9 Å². The minimum absolute atomic E-state index is 0.0556. The predicted octanol–water partition coefficient (Wildman–Crippen LogP) is -2.02. The van der Waals surface area contributed by atoms with Crippen LogP contribution in [-0.2, 0) is 32.0 Å². The van der Waals surface area contributed by atoms with Crippen molar-refractivity contribution in [2.75, 3.05) is 12.4 Å². The van der Waals surface area contributed by atoms with Gasteiger partial charge in [0.05, 0.1) is 19.0 Å². The number of hydrogen-bond donors (Lipinski definition) is 8. The number of H-pyrrole nitrogens is 1. The number of aliphatic hydroxyl groups is 1. The molecule has 8 N–H and O–H groups in total. The first-order valence-corrected chi connectivity index (χ1v) is 11.0. The lowest BCUT2D eigenvalue weighted by atomic mass is 10.0. The number of nitrogens with zero attached hydrogens (tertiary/aromatic N) is 1. The maximum absolute atomic E-state index is 12.9. The Balaban J connectivity index is 2.10. The number of benzene rings is 1. The number of rotatable bonds is 13. The van der Waals surface area contributed by atoms with Crippen LogP contribution in [0.1, 0.15) is 11.3 Å². The van der Waals surface area contributed by atoms with E-state index >= 15 is 0 Å². The van der Waals surface area contributed by atoms with Crippen molar-refractivity contribution in [1.29, 1.82) is 0 Å². The van der Waals surface area contributed by atoms with Gasteiger partial charge in [-0.1, -0.05) is 30.3 Å². The van der Waals surface area contributed by atoms with E-state index in [1.54, 1.807) is 30.3 Å². The third kappa shape index (κ3) is 8.17. The zero-order valence-corrected chi connectivity index (χ0v) is 19.1. The molecule has 184 valence electrons. The van der Waals surface area contributed by atoms with Gasteiger partial charge in [0, 0.05) is 30.5 Å². The van der Waals surface area contributed by atoms with E-state index in [1.165, 1.54) is 12.5 Å². The second-order valence-corrected chi connectivity index (χ2v) is 7.83. The number of aliphatic hydroxyl groups excluding tert-OH is 1. The van der Waals surface area contributed by atoms with E-state index in [9.17, 15) is 29.4 Å².